The summed E-state index contributed by atoms with van der Waals surface area (Å²) in [4.78, 5) is 29.3. The predicted molar refractivity (Wildman–Crippen MR) is 74.7 cm³/mol. The summed E-state index contributed by atoms with van der Waals surface area (Å²) in [6, 6.07) is 1.58. The molecule has 19 heavy (non-hydrogen) atoms. The highest BCUT2D eigenvalue weighted by Crippen LogP contribution is 2.13. The number of pyridine rings is 1. The Bertz CT molecular complexity index is 463. The van der Waals surface area contributed by atoms with Crippen LogP contribution in [-0.4, -0.2) is 41.0 Å². The normalized spacial score (nSPS) is 10.4. The van der Waals surface area contributed by atoms with Crippen molar-refractivity contribution in [2.75, 3.05) is 13.2 Å². The smallest absolute Gasteiger partial charge is 0.325 e. The zero-order valence-corrected chi connectivity index (χ0v) is 12.8. The van der Waals surface area contributed by atoms with E-state index in [1.165, 1.54) is 11.1 Å². The Morgan fingerprint density at radius 1 is 1.42 bits per heavy atom. The highest BCUT2D eigenvalue weighted by Gasteiger charge is 2.22. The summed E-state index contributed by atoms with van der Waals surface area (Å²) in [6.07, 6.45) is 3.08. The maximum absolute atomic E-state index is 12.3. The van der Waals surface area contributed by atoms with Crippen LogP contribution >= 0.6 is 15.9 Å². The molecule has 5 nitrogen and oxygen atoms in total. The van der Waals surface area contributed by atoms with E-state index in [4.69, 9.17) is 4.74 Å². The number of halogens is 1. The predicted octanol–water partition coefficient (Wildman–Crippen LogP) is 2.26. The quantitative estimate of drug-likeness (QED) is 0.778. The first-order chi connectivity index (χ1) is 8.95. The number of hydrogen-bond acceptors (Lipinski definition) is 4. The topological polar surface area (TPSA) is 59.5 Å². The van der Waals surface area contributed by atoms with Crippen molar-refractivity contribution in [3.05, 3.63) is 28.5 Å². The second-order valence-electron chi connectivity index (χ2n) is 4.22. The lowest BCUT2D eigenvalue weighted by atomic mass is 10.2. The summed E-state index contributed by atoms with van der Waals surface area (Å²) in [6.45, 7) is 5.68. The van der Waals surface area contributed by atoms with Gasteiger partial charge in [0.15, 0.2) is 0 Å². The molecule has 0 N–H and O–H groups in total. The molecule has 0 bridgehead atoms. The van der Waals surface area contributed by atoms with Crippen molar-refractivity contribution >= 4 is 27.8 Å². The number of aromatic nitrogens is 1. The molecule has 1 aromatic heterocycles. The number of amides is 1. The Labute approximate surface area is 121 Å². The van der Waals surface area contributed by atoms with Crippen LogP contribution in [0.2, 0.25) is 0 Å². The summed E-state index contributed by atoms with van der Waals surface area (Å²) < 4.78 is 5.60. The molecule has 0 fully saturated rings. The molecule has 1 rings (SSSR count). The molecule has 1 heterocycles. The fourth-order valence-corrected chi connectivity index (χ4v) is 1.89. The van der Waals surface area contributed by atoms with E-state index in [-0.39, 0.29) is 18.5 Å². The minimum atomic E-state index is -0.410. The lowest BCUT2D eigenvalue weighted by Crippen LogP contribution is -2.41. The zero-order valence-electron chi connectivity index (χ0n) is 11.2. The van der Waals surface area contributed by atoms with Crippen molar-refractivity contribution in [2.45, 2.75) is 26.8 Å². The minimum absolute atomic E-state index is 0.0587. The molecular formula is C13H17BrN2O3. The highest BCUT2D eigenvalue weighted by atomic mass is 79.9. The van der Waals surface area contributed by atoms with Gasteiger partial charge in [-0.15, -0.1) is 0 Å². The van der Waals surface area contributed by atoms with Crippen LogP contribution in [-0.2, 0) is 9.53 Å². The number of hydrogen-bond donors (Lipinski definition) is 0. The molecule has 0 radical (unpaired) electrons. The Balaban J connectivity index is 2.87. The second kappa shape index (κ2) is 7.23. The van der Waals surface area contributed by atoms with Crippen LogP contribution in [0.25, 0.3) is 0 Å². The molecule has 1 aromatic rings. The van der Waals surface area contributed by atoms with Crippen LogP contribution in [0.1, 0.15) is 31.1 Å². The zero-order chi connectivity index (χ0) is 14.4. The molecule has 104 valence electrons. The van der Waals surface area contributed by atoms with E-state index in [1.54, 1.807) is 19.2 Å². The van der Waals surface area contributed by atoms with E-state index in [1.807, 2.05) is 13.8 Å². The van der Waals surface area contributed by atoms with Crippen molar-refractivity contribution in [3.8, 4) is 0 Å². The number of carbonyl (C=O) groups excluding carboxylic acids is 2. The van der Waals surface area contributed by atoms with Crippen molar-refractivity contribution in [2.24, 2.45) is 0 Å². The van der Waals surface area contributed by atoms with Gasteiger partial charge < -0.3 is 9.64 Å². The summed E-state index contributed by atoms with van der Waals surface area (Å²) in [5, 5.41) is 0. The van der Waals surface area contributed by atoms with Crippen molar-refractivity contribution in [1.82, 2.24) is 9.88 Å². The van der Waals surface area contributed by atoms with E-state index >= 15 is 0 Å². The number of ether oxygens (including phenoxy) is 1. The molecule has 0 aliphatic heterocycles. The van der Waals surface area contributed by atoms with Gasteiger partial charge in [0.2, 0.25) is 0 Å². The Hall–Kier alpha value is -1.43. The monoisotopic (exact) mass is 328 g/mol. The Kier molecular flexibility index (Phi) is 5.95. The fourth-order valence-electron chi connectivity index (χ4n) is 1.53. The van der Waals surface area contributed by atoms with Gasteiger partial charge in [-0.05, 0) is 42.8 Å². The second-order valence-corrected chi connectivity index (χ2v) is 5.14. The molecule has 6 heteroatoms. The summed E-state index contributed by atoms with van der Waals surface area (Å²) >= 11 is 3.27. The van der Waals surface area contributed by atoms with Crippen molar-refractivity contribution in [1.29, 1.82) is 0 Å². The van der Waals surface area contributed by atoms with Crippen LogP contribution in [0, 0.1) is 0 Å². The third kappa shape index (κ3) is 4.63. The van der Waals surface area contributed by atoms with Gasteiger partial charge in [-0.1, -0.05) is 0 Å². The number of carbonyl (C=O) groups is 2. The van der Waals surface area contributed by atoms with Crippen molar-refractivity contribution < 1.29 is 14.3 Å². The molecule has 0 aliphatic carbocycles. The van der Waals surface area contributed by atoms with E-state index in [0.717, 1.165) is 4.47 Å². The Morgan fingerprint density at radius 3 is 2.63 bits per heavy atom. The first-order valence-electron chi connectivity index (χ1n) is 6.02. The summed E-state index contributed by atoms with van der Waals surface area (Å²) in [5.41, 5.74) is 0.437. The molecule has 0 aliphatic rings. The molecule has 0 saturated carbocycles. The van der Waals surface area contributed by atoms with Gasteiger partial charge in [-0.2, -0.15) is 0 Å². The molecule has 0 spiro atoms. The fraction of sp³-hybridized carbons (Fsp3) is 0.462. The van der Waals surface area contributed by atoms with Crippen LogP contribution in [0.15, 0.2) is 22.9 Å². The van der Waals surface area contributed by atoms with E-state index in [0.29, 0.717) is 12.2 Å². The van der Waals surface area contributed by atoms with E-state index in [2.05, 4.69) is 20.9 Å². The summed E-state index contributed by atoms with van der Waals surface area (Å²) in [7, 11) is 0. The molecule has 0 saturated heterocycles. The van der Waals surface area contributed by atoms with E-state index in [9.17, 15) is 9.59 Å². The lowest BCUT2D eigenvalue weighted by molar-refractivity contribution is -0.144. The minimum Gasteiger partial charge on any atom is -0.465 e. The van der Waals surface area contributed by atoms with Gasteiger partial charge >= 0.3 is 5.97 Å². The van der Waals surface area contributed by atoms with Crippen LogP contribution < -0.4 is 0 Å². The maximum Gasteiger partial charge on any atom is 0.325 e. The van der Waals surface area contributed by atoms with E-state index < -0.39 is 5.97 Å². The molecule has 0 atom stereocenters. The average Bonchev–Trinajstić information content (AvgIpc) is 2.35. The third-order valence-corrected chi connectivity index (χ3v) is 2.87. The van der Waals surface area contributed by atoms with Gasteiger partial charge in [-0.3, -0.25) is 14.6 Å². The standard InChI is InChI=1S/C13H17BrN2O3/c1-4-19-12(17)8-16(9(2)3)13(18)10-5-11(14)7-15-6-10/h5-7,9H,4,8H2,1-3H3. The third-order valence-electron chi connectivity index (χ3n) is 2.44. The van der Waals surface area contributed by atoms with Crippen LogP contribution in [0.5, 0.6) is 0 Å². The largest absolute Gasteiger partial charge is 0.465 e. The van der Waals surface area contributed by atoms with Crippen LogP contribution in [0.4, 0.5) is 0 Å². The van der Waals surface area contributed by atoms with Gasteiger partial charge in [0.1, 0.15) is 6.54 Å². The molecule has 0 unspecified atom stereocenters. The average molecular weight is 329 g/mol. The first kappa shape index (κ1) is 15.6. The van der Waals surface area contributed by atoms with Gasteiger partial charge in [0.25, 0.3) is 5.91 Å². The molecule has 0 aromatic carbocycles. The van der Waals surface area contributed by atoms with Crippen LogP contribution in [0.3, 0.4) is 0 Å². The SMILES string of the molecule is CCOC(=O)CN(C(=O)c1cncc(Br)c1)C(C)C. The van der Waals surface area contributed by atoms with Gasteiger partial charge in [0.05, 0.1) is 12.2 Å². The Morgan fingerprint density at radius 2 is 2.11 bits per heavy atom. The lowest BCUT2D eigenvalue weighted by Gasteiger charge is -2.25. The molecular weight excluding hydrogens is 312 g/mol. The maximum atomic E-state index is 12.3. The van der Waals surface area contributed by atoms with Gasteiger partial charge in [0, 0.05) is 22.9 Å². The number of nitrogens with zero attached hydrogens (tertiary/aromatic N) is 2. The summed E-state index contributed by atoms with van der Waals surface area (Å²) in [5.74, 6) is -0.649. The first-order valence-corrected chi connectivity index (χ1v) is 6.82. The highest BCUT2D eigenvalue weighted by molar-refractivity contribution is 9.10. The number of rotatable bonds is 5. The molecule has 1 amide bonds. The van der Waals surface area contributed by atoms with Crippen molar-refractivity contribution in [3.63, 3.8) is 0 Å². The number of esters is 1. The van der Waals surface area contributed by atoms with Gasteiger partial charge in [-0.25, -0.2) is 0 Å².